The third-order valence-electron chi connectivity index (χ3n) is 3.96. The molecule has 0 saturated carbocycles. The number of alkyl halides is 3. The summed E-state index contributed by atoms with van der Waals surface area (Å²) < 4.78 is 61.6. The van der Waals surface area contributed by atoms with E-state index in [-0.39, 0.29) is 28.3 Å². The number of hydrogen-bond acceptors (Lipinski definition) is 7. The van der Waals surface area contributed by atoms with Crippen molar-refractivity contribution < 1.29 is 26.4 Å². The highest BCUT2D eigenvalue weighted by Gasteiger charge is 2.38. The van der Waals surface area contributed by atoms with Gasteiger partial charge in [-0.3, -0.25) is 4.79 Å². The van der Waals surface area contributed by atoms with Gasteiger partial charge < -0.3 is 10.7 Å². The predicted molar refractivity (Wildman–Crippen MR) is 89.6 cm³/mol. The molecule has 0 unspecified atom stereocenters. The summed E-state index contributed by atoms with van der Waals surface area (Å²) in [6.45, 7) is 2.34. The number of hydrogen-bond donors (Lipinski definition) is 1. The molecule has 0 spiro atoms. The Morgan fingerprint density at radius 3 is 2.62 bits per heavy atom. The van der Waals surface area contributed by atoms with Crippen molar-refractivity contribution in [2.45, 2.75) is 43.6 Å². The van der Waals surface area contributed by atoms with E-state index in [1.54, 1.807) is 0 Å². The van der Waals surface area contributed by atoms with Crippen LogP contribution in [-0.2, 0) is 20.8 Å². The summed E-state index contributed by atoms with van der Waals surface area (Å²) in [5, 5.41) is 6.12. The van der Waals surface area contributed by atoms with Crippen LogP contribution in [0.5, 0.6) is 0 Å². The first kappa shape index (κ1) is 20.8. The number of unbranched alkanes of at least 4 members (excludes halogenated alkanes) is 1. The van der Waals surface area contributed by atoms with Gasteiger partial charge in [0.1, 0.15) is 0 Å². The van der Waals surface area contributed by atoms with E-state index in [1.165, 1.54) is 4.90 Å². The summed E-state index contributed by atoms with van der Waals surface area (Å²) in [4.78, 5) is 14.0. The maximum atomic E-state index is 12.7. The van der Waals surface area contributed by atoms with Gasteiger partial charge in [0.05, 0.1) is 17.3 Å². The highest BCUT2D eigenvalue weighted by molar-refractivity contribution is 7.99. The van der Waals surface area contributed by atoms with Gasteiger partial charge in [-0.05, 0) is 12.8 Å². The summed E-state index contributed by atoms with van der Waals surface area (Å²) in [6.07, 6.45) is -2.84. The molecule has 1 saturated heterocycles. The van der Waals surface area contributed by atoms with Crippen LogP contribution in [0.1, 0.15) is 32.0 Å². The lowest BCUT2D eigenvalue weighted by molar-refractivity contribution is -0.146. The second-order valence-corrected chi connectivity index (χ2v) is 9.13. The molecule has 0 aliphatic carbocycles. The molecule has 1 aromatic heterocycles. The average molecular weight is 415 g/mol. The number of halogens is 3. The molecule has 1 aliphatic heterocycles. The molecule has 13 heteroatoms. The normalized spacial score (nSPS) is 19.6. The largest absolute Gasteiger partial charge is 0.453 e. The lowest BCUT2D eigenvalue weighted by Crippen LogP contribution is -2.42. The van der Waals surface area contributed by atoms with Gasteiger partial charge in [0.15, 0.2) is 9.84 Å². The number of rotatable bonds is 7. The molecule has 0 radical (unpaired) electrons. The number of thioether (sulfide) groups is 1. The molecule has 0 bridgehead atoms. The molecule has 8 nitrogen and oxygen atoms in total. The molecule has 2 rings (SSSR count). The molecule has 2 heterocycles. The highest BCUT2D eigenvalue weighted by Crippen LogP contribution is 2.29. The molecule has 0 aromatic carbocycles. The van der Waals surface area contributed by atoms with Gasteiger partial charge >= 0.3 is 6.18 Å². The molecular weight excluding hydrogens is 395 g/mol. The number of carbonyl (C=O) groups is 1. The van der Waals surface area contributed by atoms with Crippen molar-refractivity contribution in [3.05, 3.63) is 5.82 Å². The van der Waals surface area contributed by atoms with Crippen LogP contribution in [0.15, 0.2) is 5.16 Å². The number of sulfone groups is 1. The predicted octanol–water partition coefficient (Wildman–Crippen LogP) is 0.919. The quantitative estimate of drug-likeness (QED) is 0.521. The van der Waals surface area contributed by atoms with Crippen LogP contribution in [0.25, 0.3) is 0 Å². The van der Waals surface area contributed by atoms with Crippen molar-refractivity contribution in [3.8, 4) is 0 Å². The molecule has 2 N–H and O–H groups in total. The average Bonchev–Trinajstić information content (AvgIpc) is 3.08. The summed E-state index contributed by atoms with van der Waals surface area (Å²) >= 11 is 0.736. The van der Waals surface area contributed by atoms with Crippen LogP contribution in [0, 0.1) is 0 Å². The topological polar surface area (TPSA) is 111 Å². The summed E-state index contributed by atoms with van der Waals surface area (Å²) in [7, 11) is -3.16. The summed E-state index contributed by atoms with van der Waals surface area (Å²) in [5.74, 6) is 3.38. The number of nitrogens with zero attached hydrogens (tertiary/aromatic N) is 4. The lowest BCUT2D eigenvalue weighted by atomic mass is 10.2. The van der Waals surface area contributed by atoms with Gasteiger partial charge in [0, 0.05) is 12.6 Å². The summed E-state index contributed by atoms with van der Waals surface area (Å²) in [6, 6.07) is -0.402. The standard InChI is InChI=1S/C13H20F3N5O3S2/c1-2-3-5-20(9-4-6-26(23,24)8-9)10(22)7-25-12-19-18-11(21(12)17)13(14,15)16/h9H,2-8,17H2,1H3/t9-/m1/s1. The first-order valence-electron chi connectivity index (χ1n) is 7.95. The number of carbonyl (C=O) groups excluding carboxylic acids is 1. The minimum absolute atomic E-state index is 0.0345. The molecule has 1 aromatic rings. The Kier molecular flexibility index (Phi) is 6.42. The molecule has 1 amide bonds. The van der Waals surface area contributed by atoms with Gasteiger partial charge in [-0.1, -0.05) is 25.1 Å². The zero-order valence-corrected chi connectivity index (χ0v) is 15.7. The van der Waals surface area contributed by atoms with E-state index in [0.29, 0.717) is 24.1 Å². The van der Waals surface area contributed by atoms with Crippen molar-refractivity contribution in [1.29, 1.82) is 0 Å². The fourth-order valence-electron chi connectivity index (χ4n) is 2.64. The number of amides is 1. The maximum absolute atomic E-state index is 12.7. The second kappa shape index (κ2) is 8.03. The van der Waals surface area contributed by atoms with Crippen LogP contribution in [0.4, 0.5) is 13.2 Å². The zero-order chi connectivity index (χ0) is 19.5. The Balaban J connectivity index is 2.04. The molecule has 26 heavy (non-hydrogen) atoms. The van der Waals surface area contributed by atoms with E-state index in [0.717, 1.165) is 18.2 Å². The van der Waals surface area contributed by atoms with Crippen LogP contribution in [0.3, 0.4) is 0 Å². The first-order valence-corrected chi connectivity index (χ1v) is 10.8. The number of aromatic nitrogens is 3. The van der Waals surface area contributed by atoms with Crippen molar-refractivity contribution in [3.63, 3.8) is 0 Å². The second-order valence-electron chi connectivity index (χ2n) is 5.96. The van der Waals surface area contributed by atoms with E-state index in [2.05, 4.69) is 10.2 Å². The Hall–Kier alpha value is -1.50. The monoisotopic (exact) mass is 415 g/mol. The molecule has 1 aliphatic rings. The minimum Gasteiger partial charge on any atom is -0.338 e. The van der Waals surface area contributed by atoms with Crippen LogP contribution in [-0.4, -0.2) is 63.9 Å². The number of nitrogens with two attached hydrogens (primary N) is 1. The van der Waals surface area contributed by atoms with Gasteiger partial charge in [-0.15, -0.1) is 10.2 Å². The van der Waals surface area contributed by atoms with Crippen molar-refractivity contribution in [1.82, 2.24) is 19.8 Å². The third-order valence-corrected chi connectivity index (χ3v) is 6.64. The van der Waals surface area contributed by atoms with Gasteiger partial charge in [0.25, 0.3) is 5.82 Å². The van der Waals surface area contributed by atoms with Gasteiger partial charge in [-0.2, -0.15) is 13.2 Å². The van der Waals surface area contributed by atoms with Crippen molar-refractivity contribution in [2.75, 3.05) is 29.6 Å². The van der Waals surface area contributed by atoms with Gasteiger partial charge in [-0.25, -0.2) is 13.1 Å². The number of nitrogen functional groups attached to an aromatic ring is 1. The van der Waals surface area contributed by atoms with E-state index in [4.69, 9.17) is 5.84 Å². The molecular formula is C13H20F3N5O3S2. The smallest absolute Gasteiger partial charge is 0.338 e. The fraction of sp³-hybridized carbons (Fsp3) is 0.769. The van der Waals surface area contributed by atoms with Crippen LogP contribution >= 0.6 is 11.8 Å². The third kappa shape index (κ3) is 5.02. The Morgan fingerprint density at radius 1 is 1.42 bits per heavy atom. The van der Waals surface area contributed by atoms with Gasteiger partial charge in [0.2, 0.25) is 11.1 Å². The van der Waals surface area contributed by atoms with E-state index in [9.17, 15) is 26.4 Å². The Morgan fingerprint density at radius 2 is 2.12 bits per heavy atom. The summed E-state index contributed by atoms with van der Waals surface area (Å²) in [5.41, 5.74) is 0. The SMILES string of the molecule is CCCCN(C(=O)CSc1nnc(C(F)(F)F)n1N)[C@@H]1CCS(=O)(=O)C1. The molecule has 1 fully saturated rings. The molecule has 148 valence electrons. The fourth-order valence-corrected chi connectivity index (χ4v) is 5.11. The first-order chi connectivity index (χ1) is 12.0. The Bertz CT molecular complexity index is 751. The van der Waals surface area contributed by atoms with E-state index >= 15 is 0 Å². The van der Waals surface area contributed by atoms with Crippen LogP contribution in [0.2, 0.25) is 0 Å². The minimum atomic E-state index is -4.74. The van der Waals surface area contributed by atoms with E-state index < -0.39 is 27.9 Å². The zero-order valence-electron chi connectivity index (χ0n) is 14.1. The maximum Gasteiger partial charge on any atom is 0.453 e. The van der Waals surface area contributed by atoms with E-state index in [1.807, 2.05) is 6.92 Å². The van der Waals surface area contributed by atoms with Crippen molar-refractivity contribution >= 4 is 27.5 Å². The highest BCUT2D eigenvalue weighted by atomic mass is 32.2. The van der Waals surface area contributed by atoms with Crippen molar-refractivity contribution in [2.24, 2.45) is 0 Å². The lowest BCUT2D eigenvalue weighted by Gasteiger charge is -2.28. The Labute approximate surface area is 153 Å². The van der Waals surface area contributed by atoms with Crippen LogP contribution < -0.4 is 5.84 Å². The molecule has 1 atom stereocenters.